The van der Waals surface area contributed by atoms with Crippen LogP contribution in [0.2, 0.25) is 0 Å². The van der Waals surface area contributed by atoms with Gasteiger partial charge in [-0.15, -0.1) is 0 Å². The summed E-state index contributed by atoms with van der Waals surface area (Å²) in [5, 5.41) is 14.8. The SMILES string of the molecule is COc1c([N+](=O)[O-])cc(OC)c2c(-c3ccccc3NC(=O)OC(C)(C)C)ccnc12. The summed E-state index contributed by atoms with van der Waals surface area (Å²) in [5.41, 5.74) is 1.19. The Morgan fingerprint density at radius 1 is 1.10 bits per heavy atom. The zero-order valence-corrected chi connectivity index (χ0v) is 17.9. The van der Waals surface area contributed by atoms with Crippen molar-refractivity contribution in [1.29, 1.82) is 0 Å². The lowest BCUT2D eigenvalue weighted by atomic mass is 9.98. The number of anilines is 1. The van der Waals surface area contributed by atoms with E-state index in [4.69, 9.17) is 14.2 Å². The Balaban J connectivity index is 2.23. The third kappa shape index (κ3) is 4.50. The standard InChI is InChI=1S/C22H23N3O6/c1-22(2,3)31-21(26)24-15-9-7-6-8-13(15)14-10-11-23-19-18(14)17(29-4)12-16(25(27)28)20(19)30-5/h6-12H,1-5H3,(H,24,26). The molecule has 9 heteroatoms. The molecule has 9 nitrogen and oxygen atoms in total. The second kappa shape index (κ2) is 8.47. The Kier molecular flexibility index (Phi) is 5.96. The van der Waals surface area contributed by atoms with E-state index in [1.165, 1.54) is 26.5 Å². The number of fused-ring (bicyclic) bond motifs is 1. The lowest BCUT2D eigenvalue weighted by molar-refractivity contribution is -0.385. The quantitative estimate of drug-likeness (QED) is 0.443. The minimum Gasteiger partial charge on any atom is -0.496 e. The molecule has 0 bridgehead atoms. The fraction of sp³-hybridized carbons (Fsp3) is 0.273. The van der Waals surface area contributed by atoms with Gasteiger partial charge in [-0.1, -0.05) is 18.2 Å². The molecule has 1 heterocycles. The van der Waals surface area contributed by atoms with Crippen LogP contribution in [0.3, 0.4) is 0 Å². The molecule has 1 amide bonds. The predicted molar refractivity (Wildman–Crippen MR) is 117 cm³/mol. The number of carbonyl (C=O) groups excluding carboxylic acids is 1. The van der Waals surface area contributed by atoms with Crippen molar-refractivity contribution in [1.82, 2.24) is 4.98 Å². The number of benzene rings is 2. The van der Waals surface area contributed by atoms with Crippen molar-refractivity contribution in [3.63, 3.8) is 0 Å². The van der Waals surface area contributed by atoms with Crippen LogP contribution in [0.15, 0.2) is 42.6 Å². The number of methoxy groups -OCH3 is 2. The topological polar surface area (TPSA) is 113 Å². The number of hydrogen-bond acceptors (Lipinski definition) is 7. The first-order valence-corrected chi connectivity index (χ1v) is 9.43. The molecule has 0 aliphatic rings. The van der Waals surface area contributed by atoms with Crippen molar-refractivity contribution in [3.05, 3.63) is 52.7 Å². The summed E-state index contributed by atoms with van der Waals surface area (Å²) in [6.45, 7) is 5.33. The van der Waals surface area contributed by atoms with Crippen molar-refractivity contribution < 1.29 is 23.9 Å². The molecule has 0 spiro atoms. The molecule has 2 aromatic carbocycles. The molecular weight excluding hydrogens is 402 g/mol. The molecule has 1 aromatic heterocycles. The average molecular weight is 425 g/mol. The molecule has 1 N–H and O–H groups in total. The molecule has 0 unspecified atom stereocenters. The highest BCUT2D eigenvalue weighted by atomic mass is 16.6. The number of nitrogens with one attached hydrogen (secondary N) is 1. The van der Waals surface area contributed by atoms with E-state index in [2.05, 4.69) is 10.3 Å². The van der Waals surface area contributed by atoms with E-state index in [1.54, 1.807) is 39.0 Å². The maximum absolute atomic E-state index is 12.4. The van der Waals surface area contributed by atoms with Crippen molar-refractivity contribution in [3.8, 4) is 22.6 Å². The Bertz CT molecular complexity index is 1150. The lowest BCUT2D eigenvalue weighted by Gasteiger charge is -2.21. The number of ether oxygens (including phenoxy) is 3. The zero-order valence-electron chi connectivity index (χ0n) is 17.9. The van der Waals surface area contributed by atoms with Crippen LogP contribution >= 0.6 is 0 Å². The van der Waals surface area contributed by atoms with Crippen molar-refractivity contribution in [2.75, 3.05) is 19.5 Å². The molecule has 0 saturated heterocycles. The number of nitrogens with zero attached hydrogens (tertiary/aromatic N) is 2. The normalized spacial score (nSPS) is 11.1. The third-order valence-electron chi connectivity index (χ3n) is 4.39. The molecule has 162 valence electrons. The highest BCUT2D eigenvalue weighted by Crippen LogP contribution is 2.45. The number of rotatable bonds is 5. The number of hydrogen-bond donors (Lipinski definition) is 1. The Morgan fingerprint density at radius 3 is 2.42 bits per heavy atom. The highest BCUT2D eigenvalue weighted by Gasteiger charge is 2.26. The van der Waals surface area contributed by atoms with Crippen LogP contribution in [0.1, 0.15) is 20.8 Å². The Morgan fingerprint density at radius 2 is 1.81 bits per heavy atom. The summed E-state index contributed by atoms with van der Waals surface area (Å²) < 4.78 is 16.1. The molecule has 0 atom stereocenters. The first-order valence-electron chi connectivity index (χ1n) is 9.43. The number of para-hydroxylation sites is 1. The van der Waals surface area contributed by atoms with E-state index in [1.807, 2.05) is 12.1 Å². The van der Waals surface area contributed by atoms with E-state index in [-0.39, 0.29) is 22.7 Å². The molecular formula is C22H23N3O6. The van der Waals surface area contributed by atoms with E-state index in [0.29, 0.717) is 22.2 Å². The van der Waals surface area contributed by atoms with Gasteiger partial charge in [0, 0.05) is 11.8 Å². The largest absolute Gasteiger partial charge is 0.496 e. The number of carbonyl (C=O) groups is 1. The zero-order chi connectivity index (χ0) is 22.8. The van der Waals surface area contributed by atoms with E-state index in [9.17, 15) is 14.9 Å². The Hall–Kier alpha value is -3.88. The maximum atomic E-state index is 12.4. The number of nitro groups is 1. The molecule has 0 aliphatic heterocycles. The van der Waals surface area contributed by atoms with Crippen LogP contribution in [0.4, 0.5) is 16.2 Å². The van der Waals surface area contributed by atoms with Gasteiger partial charge in [0.2, 0.25) is 5.75 Å². The van der Waals surface area contributed by atoms with Gasteiger partial charge in [-0.25, -0.2) is 4.79 Å². The van der Waals surface area contributed by atoms with Gasteiger partial charge in [0.1, 0.15) is 16.9 Å². The van der Waals surface area contributed by atoms with Gasteiger partial charge in [0.05, 0.1) is 36.3 Å². The van der Waals surface area contributed by atoms with Crippen LogP contribution in [-0.4, -0.2) is 35.8 Å². The van der Waals surface area contributed by atoms with E-state index >= 15 is 0 Å². The first-order chi connectivity index (χ1) is 14.7. The monoisotopic (exact) mass is 425 g/mol. The number of aromatic nitrogens is 1. The van der Waals surface area contributed by atoms with Crippen LogP contribution in [-0.2, 0) is 4.74 Å². The fourth-order valence-electron chi connectivity index (χ4n) is 3.23. The number of pyridine rings is 1. The van der Waals surface area contributed by atoms with Gasteiger partial charge >= 0.3 is 11.8 Å². The van der Waals surface area contributed by atoms with Gasteiger partial charge in [-0.2, -0.15) is 0 Å². The average Bonchev–Trinajstić information content (AvgIpc) is 2.71. The molecule has 0 fully saturated rings. The Labute approximate surface area is 179 Å². The summed E-state index contributed by atoms with van der Waals surface area (Å²) >= 11 is 0. The molecule has 3 rings (SSSR count). The van der Waals surface area contributed by atoms with Gasteiger partial charge in [0.15, 0.2) is 0 Å². The summed E-state index contributed by atoms with van der Waals surface area (Å²) in [7, 11) is 2.77. The second-order valence-electron chi connectivity index (χ2n) is 7.64. The minimum absolute atomic E-state index is 0.0280. The molecule has 0 radical (unpaired) electrons. The van der Waals surface area contributed by atoms with Gasteiger partial charge in [0.25, 0.3) is 0 Å². The van der Waals surface area contributed by atoms with Gasteiger partial charge in [-0.3, -0.25) is 20.4 Å². The number of amides is 1. The van der Waals surface area contributed by atoms with Crippen molar-refractivity contribution in [2.24, 2.45) is 0 Å². The summed E-state index contributed by atoms with van der Waals surface area (Å²) in [4.78, 5) is 27.6. The second-order valence-corrected chi connectivity index (χ2v) is 7.64. The van der Waals surface area contributed by atoms with Gasteiger partial charge < -0.3 is 14.2 Å². The fourth-order valence-corrected chi connectivity index (χ4v) is 3.23. The van der Waals surface area contributed by atoms with Crippen LogP contribution in [0.25, 0.3) is 22.0 Å². The molecule has 0 saturated carbocycles. The van der Waals surface area contributed by atoms with Crippen LogP contribution < -0.4 is 14.8 Å². The smallest absolute Gasteiger partial charge is 0.412 e. The third-order valence-corrected chi connectivity index (χ3v) is 4.39. The molecule has 0 aliphatic carbocycles. The van der Waals surface area contributed by atoms with E-state index < -0.39 is 16.6 Å². The summed E-state index contributed by atoms with van der Waals surface area (Å²) in [6.07, 6.45) is 0.923. The van der Waals surface area contributed by atoms with Crippen molar-refractivity contribution >= 4 is 28.4 Å². The summed E-state index contributed by atoms with van der Waals surface area (Å²) in [5.74, 6) is 0.290. The maximum Gasteiger partial charge on any atom is 0.412 e. The predicted octanol–water partition coefficient (Wildman–Crippen LogP) is 5.17. The summed E-state index contributed by atoms with van der Waals surface area (Å²) in [6, 6.07) is 10.2. The van der Waals surface area contributed by atoms with Crippen LogP contribution in [0, 0.1) is 10.1 Å². The molecule has 31 heavy (non-hydrogen) atoms. The first kappa shape index (κ1) is 21.8. The minimum atomic E-state index is -0.655. The van der Waals surface area contributed by atoms with E-state index in [0.717, 1.165) is 0 Å². The van der Waals surface area contributed by atoms with Crippen molar-refractivity contribution in [2.45, 2.75) is 26.4 Å². The number of nitro benzene ring substituents is 1. The highest BCUT2D eigenvalue weighted by molar-refractivity contribution is 6.06. The molecule has 3 aromatic rings. The van der Waals surface area contributed by atoms with Crippen LogP contribution in [0.5, 0.6) is 11.5 Å². The lowest BCUT2D eigenvalue weighted by Crippen LogP contribution is -2.27. The van der Waals surface area contributed by atoms with Gasteiger partial charge in [-0.05, 0) is 38.5 Å².